The minimum Gasteiger partial charge on any atom is -0.432 e. The molecule has 3 saturated heterocycles. The maximum atomic E-state index is 15.7. The van der Waals surface area contributed by atoms with Crippen LogP contribution in [0.2, 0.25) is 0 Å². The van der Waals surface area contributed by atoms with Crippen LogP contribution >= 0.6 is 0 Å². The Labute approximate surface area is 461 Å². The Hall–Kier alpha value is -2.21. The summed E-state index contributed by atoms with van der Waals surface area (Å²) in [6.45, 7) is 15.6. The number of aliphatic hydroxyl groups excluding tert-OH is 9. The van der Waals surface area contributed by atoms with Crippen molar-refractivity contribution in [3.63, 3.8) is 0 Å². The molecule has 0 aromatic heterocycles. The molecular weight excluding hydrogens is 1010 g/mol. The first-order chi connectivity index (χ1) is 36.8. The van der Waals surface area contributed by atoms with Crippen LogP contribution in [0.25, 0.3) is 0 Å². The summed E-state index contributed by atoms with van der Waals surface area (Å²) in [6, 6.07) is -1.32. The number of carbonyl (C=O) groups is 3. The lowest BCUT2D eigenvalue weighted by Gasteiger charge is -2.71. The van der Waals surface area contributed by atoms with Crippen molar-refractivity contribution in [2.45, 2.75) is 276 Å². The van der Waals surface area contributed by atoms with Crippen LogP contribution in [0.1, 0.15) is 177 Å². The number of aldehydes is 1. The molecule has 446 valence electrons. The van der Waals surface area contributed by atoms with E-state index in [-0.39, 0.29) is 54.0 Å². The quantitative estimate of drug-likeness (QED) is 0.0378. The van der Waals surface area contributed by atoms with Gasteiger partial charge in [0.05, 0.1) is 43.0 Å². The maximum absolute atomic E-state index is 15.7. The molecule has 3 aliphatic heterocycles. The van der Waals surface area contributed by atoms with Gasteiger partial charge in [0.25, 0.3) is 0 Å². The van der Waals surface area contributed by atoms with Gasteiger partial charge in [0.1, 0.15) is 60.5 Å². The molecule has 78 heavy (non-hydrogen) atoms. The lowest BCUT2D eigenvalue weighted by Crippen LogP contribution is -2.69. The summed E-state index contributed by atoms with van der Waals surface area (Å²) in [5.74, 6) is -1.64. The molecule has 4 saturated carbocycles. The Kier molecular flexibility index (Phi) is 19.2. The smallest absolute Gasteiger partial charge is 0.317 e. The third-order valence-corrected chi connectivity index (χ3v) is 21.7. The van der Waals surface area contributed by atoms with Crippen molar-refractivity contribution in [2.75, 3.05) is 13.2 Å². The number of aliphatic hydroxyl groups is 9. The zero-order chi connectivity index (χ0) is 56.9. The molecule has 10 N–H and O–H groups in total. The molecule has 5 aliphatic carbocycles. The van der Waals surface area contributed by atoms with Gasteiger partial charge >= 0.3 is 5.97 Å². The Morgan fingerprint density at radius 2 is 1.37 bits per heavy atom. The number of esters is 1. The molecule has 19 heteroatoms. The molecule has 0 aromatic rings. The summed E-state index contributed by atoms with van der Waals surface area (Å²) in [7, 11) is 0. The number of rotatable bonds is 19. The van der Waals surface area contributed by atoms with Crippen LogP contribution < -0.4 is 5.32 Å². The normalized spacial score (nSPS) is 48.0. The van der Waals surface area contributed by atoms with Crippen LogP contribution in [0.5, 0.6) is 0 Å². The number of allylic oxidation sites excluding steroid dienone is 2. The van der Waals surface area contributed by atoms with Crippen molar-refractivity contribution in [3.8, 4) is 0 Å². The van der Waals surface area contributed by atoms with Gasteiger partial charge in [0.15, 0.2) is 18.7 Å². The minimum atomic E-state index is -1.92. The van der Waals surface area contributed by atoms with E-state index in [0.717, 1.165) is 56.8 Å². The molecular formula is C59H97NO18. The molecule has 8 aliphatic rings. The van der Waals surface area contributed by atoms with Crippen molar-refractivity contribution in [2.24, 2.45) is 50.2 Å². The number of hydrogen-bond donors (Lipinski definition) is 10. The maximum Gasteiger partial charge on any atom is 0.317 e. The van der Waals surface area contributed by atoms with Crippen LogP contribution in [-0.4, -0.2) is 175 Å². The number of amides is 1. The van der Waals surface area contributed by atoms with E-state index < -0.39 is 139 Å². The third-order valence-electron chi connectivity index (χ3n) is 21.7. The molecule has 24 atom stereocenters. The van der Waals surface area contributed by atoms with Gasteiger partial charge in [-0.15, -0.1) is 0 Å². The average molecular weight is 1110 g/mol. The largest absolute Gasteiger partial charge is 0.432 e. The van der Waals surface area contributed by atoms with Crippen molar-refractivity contribution in [3.05, 3.63) is 11.6 Å². The second kappa shape index (κ2) is 24.2. The highest BCUT2D eigenvalue weighted by Crippen LogP contribution is 2.76. The Balaban J connectivity index is 1.06. The minimum absolute atomic E-state index is 0.0344. The van der Waals surface area contributed by atoms with Crippen LogP contribution in [0.15, 0.2) is 11.6 Å². The summed E-state index contributed by atoms with van der Waals surface area (Å²) in [4.78, 5) is 42.1. The van der Waals surface area contributed by atoms with Gasteiger partial charge in [-0.2, -0.15) is 0 Å². The zero-order valence-electron chi connectivity index (χ0n) is 47.7. The highest BCUT2D eigenvalue weighted by atomic mass is 16.8. The molecule has 0 spiro atoms. The lowest BCUT2D eigenvalue weighted by atomic mass is 9.33. The van der Waals surface area contributed by atoms with Crippen molar-refractivity contribution < 1.29 is 88.8 Å². The fraction of sp³-hybridized carbons (Fsp3) is 0.915. The average Bonchev–Trinajstić information content (AvgIpc) is 3.23. The van der Waals surface area contributed by atoms with E-state index in [4.69, 9.17) is 28.4 Å². The van der Waals surface area contributed by atoms with Gasteiger partial charge in [0.2, 0.25) is 12.2 Å². The Morgan fingerprint density at radius 3 is 2.04 bits per heavy atom. The topological polar surface area (TPSA) is 301 Å². The van der Waals surface area contributed by atoms with E-state index in [1.807, 2.05) is 6.92 Å². The van der Waals surface area contributed by atoms with Crippen molar-refractivity contribution >= 4 is 18.2 Å². The molecule has 3 heterocycles. The van der Waals surface area contributed by atoms with E-state index >= 15 is 4.79 Å². The highest BCUT2D eigenvalue weighted by molar-refractivity contribution is 5.80. The first-order valence-corrected chi connectivity index (χ1v) is 29.7. The van der Waals surface area contributed by atoms with E-state index in [9.17, 15) is 55.5 Å². The summed E-state index contributed by atoms with van der Waals surface area (Å²) < 4.78 is 36.5. The van der Waals surface area contributed by atoms with Crippen LogP contribution in [0, 0.1) is 50.2 Å². The molecule has 1 amide bonds. The summed E-state index contributed by atoms with van der Waals surface area (Å²) in [5.41, 5.74) is -2.78. The van der Waals surface area contributed by atoms with E-state index in [1.165, 1.54) is 32.6 Å². The zero-order valence-corrected chi connectivity index (χ0v) is 47.7. The molecule has 0 bridgehead atoms. The van der Waals surface area contributed by atoms with Gasteiger partial charge in [-0.1, -0.05) is 111 Å². The van der Waals surface area contributed by atoms with Crippen molar-refractivity contribution in [1.82, 2.24) is 5.32 Å². The summed E-state index contributed by atoms with van der Waals surface area (Å²) in [6.07, 6.45) is -5.05. The molecule has 8 rings (SSSR count). The summed E-state index contributed by atoms with van der Waals surface area (Å²) >= 11 is 0. The van der Waals surface area contributed by atoms with Crippen LogP contribution in [-0.2, 0) is 42.8 Å². The number of nitrogens with one attached hydrogen (secondary N) is 1. The fourth-order valence-corrected chi connectivity index (χ4v) is 16.7. The predicted molar refractivity (Wildman–Crippen MR) is 282 cm³/mol. The standard InChI is InChI=1S/C59H97NO18/c1-9-10-11-12-13-14-15-16-17-18-41(66)60-42-36(29-61)75-52(49(44(42)68)77-51-47(71)45(69)48(32(2)74-51)76-50-46(70)43(67)35(63)30-73-50)78-53(72)59-26-25-54(3,4)27-34(59)33-19-20-38-55(5)23-22-39(64)56(6,31-62)37(55)21-24-57(38,7)58(33,8)28-40(59)65/h19,31-32,34-40,42-52,61,63-65,67-71H,9-18,20-30H2,1-8H3,(H,60,66)/t32?,34?,35-,36?,37-,38?,39+,40-,42+,43?,44?,45?,46?,47?,48+,49?,50+,51+,52+,55?,56?,57?,58?,59-/m1/s1. The molecule has 14 unspecified atom stereocenters. The van der Waals surface area contributed by atoms with E-state index in [1.54, 1.807) is 0 Å². The molecule has 19 nitrogen and oxygen atoms in total. The van der Waals surface area contributed by atoms with Gasteiger partial charge in [-0.05, 0) is 111 Å². The van der Waals surface area contributed by atoms with Crippen LogP contribution in [0.4, 0.5) is 0 Å². The van der Waals surface area contributed by atoms with E-state index in [0.29, 0.717) is 32.1 Å². The SMILES string of the molecule is CCCCCCCCCCCC(=O)N[C@H]1C(CO)O[C@@H](OC(=O)[C@]23CCC(C)(C)CC2C2=CCC4C5(C)CC[C@H](O)C(C)(C=O)[C@@H]5CCC4(C)C2(C)C[C@H]3O)C(O[C@@H]2OC(C)[C@H](O[C@@H]3OC[C@@H](O)C(O)C3O)C(O)C2O)C1O. The number of hydrogen-bond acceptors (Lipinski definition) is 18. The van der Waals surface area contributed by atoms with Crippen molar-refractivity contribution in [1.29, 1.82) is 0 Å². The van der Waals surface area contributed by atoms with Crippen LogP contribution in [0.3, 0.4) is 0 Å². The highest BCUT2D eigenvalue weighted by Gasteiger charge is 2.72. The number of carbonyl (C=O) groups excluding carboxylic acids is 3. The third kappa shape index (κ3) is 11.1. The first-order valence-electron chi connectivity index (χ1n) is 29.7. The first kappa shape index (κ1) is 61.9. The second-order valence-corrected chi connectivity index (χ2v) is 26.9. The summed E-state index contributed by atoms with van der Waals surface area (Å²) in [5, 5.41) is 104. The van der Waals surface area contributed by atoms with Gasteiger partial charge in [0, 0.05) is 6.42 Å². The van der Waals surface area contributed by atoms with E-state index in [2.05, 4.69) is 52.9 Å². The molecule has 7 fully saturated rings. The molecule has 0 radical (unpaired) electrons. The number of fused-ring (bicyclic) bond motifs is 7. The van der Waals surface area contributed by atoms with Gasteiger partial charge in [-0.3, -0.25) is 9.59 Å². The predicted octanol–water partition coefficient (Wildman–Crippen LogP) is 4.00. The van der Waals surface area contributed by atoms with Gasteiger partial charge in [-0.25, -0.2) is 0 Å². The second-order valence-electron chi connectivity index (χ2n) is 26.9. The Bertz CT molecular complexity index is 2110. The lowest BCUT2D eigenvalue weighted by molar-refractivity contribution is -0.370. The Morgan fingerprint density at radius 1 is 0.718 bits per heavy atom. The number of ether oxygens (including phenoxy) is 6. The van der Waals surface area contributed by atoms with Gasteiger partial charge < -0.3 is 84.5 Å². The fourth-order valence-electron chi connectivity index (χ4n) is 16.7. The monoisotopic (exact) mass is 1110 g/mol. The molecule has 0 aromatic carbocycles. The number of unbranched alkanes of at least 4 members (excludes halogenated alkanes) is 8.